The number of nitrogens with two attached hydrogens (primary N) is 1. The number of hydrogen-bond donors (Lipinski definition) is 1. The topological polar surface area (TPSA) is 38.5 Å². The van der Waals surface area contributed by atoms with E-state index in [1.54, 1.807) is 0 Å². The second kappa shape index (κ2) is 4.63. The van der Waals surface area contributed by atoms with Crippen LogP contribution in [-0.4, -0.2) is 42.3 Å². The average molecular weight is 226 g/mol. The van der Waals surface area contributed by atoms with Gasteiger partial charge in [-0.25, -0.2) is 0 Å². The molecule has 2 aliphatic rings. The lowest BCUT2D eigenvalue weighted by molar-refractivity contribution is -0.0786. The van der Waals surface area contributed by atoms with Crippen LogP contribution >= 0.6 is 0 Å². The van der Waals surface area contributed by atoms with Crippen molar-refractivity contribution in [3.63, 3.8) is 0 Å². The highest BCUT2D eigenvalue weighted by Gasteiger charge is 2.41. The third kappa shape index (κ3) is 2.13. The van der Waals surface area contributed by atoms with E-state index in [0.29, 0.717) is 18.0 Å². The largest absolute Gasteiger partial charge is 0.380 e. The quantitative estimate of drug-likeness (QED) is 0.738. The second-order valence-corrected chi connectivity index (χ2v) is 5.90. The summed E-state index contributed by atoms with van der Waals surface area (Å²) in [6.45, 7) is 9.92. The number of rotatable bonds is 1. The molecule has 0 aromatic rings. The second-order valence-electron chi connectivity index (χ2n) is 5.90. The molecule has 0 bridgehead atoms. The van der Waals surface area contributed by atoms with Crippen molar-refractivity contribution in [1.82, 2.24) is 4.90 Å². The fourth-order valence-electron chi connectivity index (χ4n) is 3.30. The molecule has 94 valence electrons. The van der Waals surface area contributed by atoms with E-state index < -0.39 is 0 Å². The molecular formula is C13H26N2O. The van der Waals surface area contributed by atoms with Gasteiger partial charge in [-0.15, -0.1) is 0 Å². The van der Waals surface area contributed by atoms with Crippen LogP contribution in [0.25, 0.3) is 0 Å². The van der Waals surface area contributed by atoms with Crippen LogP contribution in [-0.2, 0) is 4.74 Å². The molecule has 2 N–H and O–H groups in total. The molecule has 0 radical (unpaired) electrons. The Balaban J connectivity index is 2.08. The number of piperidine rings is 1. The lowest BCUT2D eigenvalue weighted by atomic mass is 9.82. The van der Waals surface area contributed by atoms with Gasteiger partial charge in [0.05, 0.1) is 6.61 Å². The van der Waals surface area contributed by atoms with E-state index >= 15 is 0 Å². The van der Waals surface area contributed by atoms with Crippen molar-refractivity contribution in [2.75, 3.05) is 19.8 Å². The lowest BCUT2D eigenvalue weighted by Crippen LogP contribution is -2.62. The maximum absolute atomic E-state index is 6.15. The molecule has 3 heteroatoms. The van der Waals surface area contributed by atoms with Crippen molar-refractivity contribution in [3.8, 4) is 0 Å². The van der Waals surface area contributed by atoms with Crippen LogP contribution in [0, 0.1) is 5.92 Å². The maximum Gasteiger partial charge on any atom is 0.0647 e. The third-order valence-corrected chi connectivity index (χ3v) is 4.74. The van der Waals surface area contributed by atoms with E-state index in [9.17, 15) is 0 Å². The number of hydrogen-bond acceptors (Lipinski definition) is 3. The molecule has 3 nitrogen and oxygen atoms in total. The summed E-state index contributed by atoms with van der Waals surface area (Å²) in [5.41, 5.74) is 6.39. The monoisotopic (exact) mass is 226 g/mol. The van der Waals surface area contributed by atoms with Gasteiger partial charge in [-0.3, -0.25) is 4.90 Å². The predicted molar refractivity (Wildman–Crippen MR) is 66.4 cm³/mol. The Hall–Kier alpha value is -0.120. The Morgan fingerprint density at radius 1 is 1.38 bits per heavy atom. The van der Waals surface area contributed by atoms with Gasteiger partial charge in [0.15, 0.2) is 0 Å². The normalized spacial score (nSPS) is 46.9. The summed E-state index contributed by atoms with van der Waals surface area (Å²) >= 11 is 0. The third-order valence-electron chi connectivity index (χ3n) is 4.74. The van der Waals surface area contributed by atoms with Crippen molar-refractivity contribution in [1.29, 1.82) is 0 Å². The molecule has 2 fully saturated rings. The molecule has 2 aliphatic heterocycles. The van der Waals surface area contributed by atoms with Gasteiger partial charge in [0.25, 0.3) is 0 Å². The SMILES string of the molecule is CC1C(N)CCN(C2(C)CCCOC2)C1C. The Labute approximate surface area is 99.3 Å². The van der Waals surface area contributed by atoms with E-state index in [0.717, 1.165) is 26.2 Å². The Kier molecular flexibility index (Phi) is 3.57. The van der Waals surface area contributed by atoms with Gasteiger partial charge in [-0.1, -0.05) is 6.92 Å². The van der Waals surface area contributed by atoms with Gasteiger partial charge < -0.3 is 10.5 Å². The van der Waals surface area contributed by atoms with Crippen molar-refractivity contribution >= 4 is 0 Å². The first-order valence-corrected chi connectivity index (χ1v) is 6.65. The lowest BCUT2D eigenvalue weighted by Gasteiger charge is -2.52. The Bertz CT molecular complexity index is 238. The van der Waals surface area contributed by atoms with E-state index in [4.69, 9.17) is 10.5 Å². The van der Waals surface area contributed by atoms with Crippen molar-refractivity contribution < 1.29 is 4.74 Å². The average Bonchev–Trinajstić information content (AvgIpc) is 2.27. The van der Waals surface area contributed by atoms with Crippen molar-refractivity contribution in [3.05, 3.63) is 0 Å². The zero-order valence-corrected chi connectivity index (χ0v) is 10.9. The summed E-state index contributed by atoms with van der Waals surface area (Å²) in [5, 5.41) is 0. The molecule has 0 saturated carbocycles. The highest BCUT2D eigenvalue weighted by atomic mass is 16.5. The Morgan fingerprint density at radius 3 is 2.75 bits per heavy atom. The minimum atomic E-state index is 0.242. The van der Waals surface area contributed by atoms with Gasteiger partial charge in [0.2, 0.25) is 0 Å². The van der Waals surface area contributed by atoms with E-state index in [1.165, 1.54) is 12.8 Å². The first kappa shape index (κ1) is 12.3. The van der Waals surface area contributed by atoms with Crippen molar-refractivity contribution in [2.45, 2.75) is 57.7 Å². The number of likely N-dealkylation sites (tertiary alicyclic amines) is 1. The van der Waals surface area contributed by atoms with Crippen LogP contribution in [0.5, 0.6) is 0 Å². The van der Waals surface area contributed by atoms with Gasteiger partial charge in [-0.2, -0.15) is 0 Å². The maximum atomic E-state index is 6.15. The van der Waals surface area contributed by atoms with Gasteiger partial charge >= 0.3 is 0 Å². The van der Waals surface area contributed by atoms with Gasteiger partial charge in [0.1, 0.15) is 0 Å². The number of ether oxygens (including phenoxy) is 1. The molecule has 2 rings (SSSR count). The molecule has 2 saturated heterocycles. The highest BCUT2D eigenvalue weighted by molar-refractivity contribution is 4.97. The van der Waals surface area contributed by atoms with Crippen LogP contribution in [0.1, 0.15) is 40.0 Å². The summed E-state index contributed by atoms with van der Waals surface area (Å²) < 4.78 is 5.68. The van der Waals surface area contributed by atoms with E-state index in [2.05, 4.69) is 25.7 Å². The van der Waals surface area contributed by atoms with E-state index in [-0.39, 0.29) is 5.54 Å². The minimum absolute atomic E-state index is 0.242. The van der Waals surface area contributed by atoms with Gasteiger partial charge in [0, 0.05) is 30.8 Å². The van der Waals surface area contributed by atoms with Crippen LogP contribution in [0.3, 0.4) is 0 Å². The zero-order valence-electron chi connectivity index (χ0n) is 10.9. The molecule has 4 atom stereocenters. The van der Waals surface area contributed by atoms with Crippen molar-refractivity contribution in [2.24, 2.45) is 11.7 Å². The molecule has 16 heavy (non-hydrogen) atoms. The summed E-state index contributed by atoms with van der Waals surface area (Å²) in [6, 6.07) is 0.954. The van der Waals surface area contributed by atoms with Crippen LogP contribution in [0.15, 0.2) is 0 Å². The predicted octanol–water partition coefficient (Wildman–Crippen LogP) is 1.61. The summed E-state index contributed by atoms with van der Waals surface area (Å²) in [4.78, 5) is 2.64. The van der Waals surface area contributed by atoms with Crippen LogP contribution in [0.4, 0.5) is 0 Å². The van der Waals surface area contributed by atoms with E-state index in [1.807, 2.05) is 0 Å². The number of nitrogens with zero attached hydrogens (tertiary/aromatic N) is 1. The molecule has 0 aromatic heterocycles. The summed E-state index contributed by atoms with van der Waals surface area (Å²) in [7, 11) is 0. The smallest absolute Gasteiger partial charge is 0.0647 e. The van der Waals surface area contributed by atoms with Crippen LogP contribution < -0.4 is 5.73 Å². The molecule has 0 spiro atoms. The fraction of sp³-hybridized carbons (Fsp3) is 1.00. The fourth-order valence-corrected chi connectivity index (χ4v) is 3.30. The molecule has 0 aliphatic carbocycles. The molecule has 2 heterocycles. The molecule has 0 aromatic carbocycles. The molecule has 4 unspecified atom stereocenters. The molecular weight excluding hydrogens is 200 g/mol. The van der Waals surface area contributed by atoms with Gasteiger partial charge in [-0.05, 0) is 39.0 Å². The highest BCUT2D eigenvalue weighted by Crippen LogP contribution is 2.33. The first-order valence-electron chi connectivity index (χ1n) is 6.65. The molecule has 0 amide bonds. The zero-order chi connectivity index (χ0) is 11.8. The standard InChI is InChI=1S/C13H26N2O/c1-10-11(2)15(7-5-12(10)14)13(3)6-4-8-16-9-13/h10-12H,4-9,14H2,1-3H3. The first-order chi connectivity index (χ1) is 7.54. The minimum Gasteiger partial charge on any atom is -0.380 e. The Morgan fingerprint density at radius 2 is 2.12 bits per heavy atom. The summed E-state index contributed by atoms with van der Waals surface area (Å²) in [5.74, 6) is 0.590. The van der Waals surface area contributed by atoms with Crippen LogP contribution in [0.2, 0.25) is 0 Å². The summed E-state index contributed by atoms with van der Waals surface area (Å²) in [6.07, 6.45) is 3.58.